The molecule has 0 radical (unpaired) electrons. The average Bonchev–Trinajstić information content (AvgIpc) is 3.09. The van der Waals surface area contributed by atoms with Crippen LogP contribution in [0.15, 0.2) is 0 Å². The minimum atomic E-state index is 0.469. The molecule has 0 aromatic heterocycles. The summed E-state index contributed by atoms with van der Waals surface area (Å²) in [7, 11) is 23.1. The summed E-state index contributed by atoms with van der Waals surface area (Å²) in [6.07, 6.45) is 4.36. The molecule has 296 valence electrons. The van der Waals surface area contributed by atoms with Crippen molar-refractivity contribution in [3.63, 3.8) is 0 Å². The van der Waals surface area contributed by atoms with E-state index in [-0.39, 0.29) is 0 Å². The molecule has 0 rings (SSSR count). The Morgan fingerprint density at radius 2 is 0.917 bits per heavy atom. The van der Waals surface area contributed by atoms with Crippen molar-refractivity contribution in [2.45, 2.75) is 24.4 Å². The number of hydrogen-bond acceptors (Lipinski definition) is 0. The molecule has 0 bridgehead atoms. The predicted octanol–water partition coefficient (Wildman–Crippen LogP) is 15.5. The Kier molecular flexibility index (Phi) is 78.9. The van der Waals surface area contributed by atoms with Crippen molar-refractivity contribution in [1.29, 1.82) is 0 Å². The lowest BCUT2D eigenvalue weighted by Crippen LogP contribution is -1.94. The fraction of sp³-hybridized carbons (Fsp3) is 1.00. The highest BCUT2D eigenvalue weighted by Crippen LogP contribution is 2.61. The summed E-state index contributed by atoms with van der Waals surface area (Å²) in [5.74, 6) is 17.0. The SMILES string of the molecule is CCPC(PC)PCPCPC.CCPP(CPC)CPCPC.CPCPCP(CPC)CPC.CPCPCPC(CPC)PC. The van der Waals surface area contributed by atoms with Crippen LogP contribution in [0.25, 0.3) is 0 Å². The molecular weight excluding hydrogens is 956 g/mol. The van der Waals surface area contributed by atoms with Gasteiger partial charge in [-0.2, -0.15) is 0 Å². The van der Waals surface area contributed by atoms with E-state index in [0.717, 1.165) is 10.5 Å². The van der Waals surface area contributed by atoms with Crippen LogP contribution in [-0.2, 0) is 0 Å². The van der Waals surface area contributed by atoms with Gasteiger partial charge >= 0.3 is 0 Å². The maximum atomic E-state index is 2.38. The molecule has 0 saturated heterocycles. The second-order valence-corrected chi connectivity index (χ2v) is 47.8. The third-order valence-electron chi connectivity index (χ3n) is 5.70. The van der Waals surface area contributed by atoms with Crippen molar-refractivity contribution >= 4 is 170 Å². The quantitative estimate of drug-likeness (QED) is 0.0465. The van der Waals surface area contributed by atoms with Crippen molar-refractivity contribution in [3.8, 4) is 0 Å². The van der Waals surface area contributed by atoms with Gasteiger partial charge in [-0.25, -0.2) is 0 Å². The lowest BCUT2D eigenvalue weighted by Gasteiger charge is -2.15. The maximum Gasteiger partial charge on any atom is 0.0109 e. The monoisotopic (exact) mass is 1040 g/mol. The molecule has 48 heavy (non-hydrogen) atoms. The minimum absolute atomic E-state index is 0.469. The predicted molar refractivity (Wildman–Crippen MR) is 310 cm³/mol. The normalized spacial score (nSPS) is 17.8. The van der Waals surface area contributed by atoms with Gasteiger partial charge in [0, 0.05) is 5.14 Å². The van der Waals surface area contributed by atoms with E-state index >= 15 is 0 Å². The van der Waals surface area contributed by atoms with E-state index in [1.807, 2.05) is 0 Å². The molecule has 0 aromatic rings. The fourth-order valence-electron chi connectivity index (χ4n) is 3.56. The highest BCUT2D eigenvalue weighted by molar-refractivity contribution is 8.24. The van der Waals surface area contributed by atoms with Crippen LogP contribution in [0.5, 0.6) is 0 Å². The Bertz CT molecular complexity index is 471. The van der Waals surface area contributed by atoms with Crippen molar-refractivity contribution in [3.05, 3.63) is 0 Å². The molecule has 0 fully saturated rings. The maximum absolute atomic E-state index is 2.38. The summed E-state index contributed by atoms with van der Waals surface area (Å²) in [6, 6.07) is 0. The molecule has 0 spiro atoms. The highest BCUT2D eigenvalue weighted by atomic mass is 32.1. The van der Waals surface area contributed by atoms with Gasteiger partial charge in [0.2, 0.25) is 0 Å². The van der Waals surface area contributed by atoms with E-state index < -0.39 is 0 Å². The van der Waals surface area contributed by atoms with Crippen LogP contribution in [0, 0.1) is 0 Å². The van der Waals surface area contributed by atoms with E-state index in [1.165, 1.54) is 202 Å². The van der Waals surface area contributed by atoms with Gasteiger partial charge in [-0.05, 0) is 155 Å². The van der Waals surface area contributed by atoms with E-state index in [9.17, 15) is 0 Å². The van der Waals surface area contributed by atoms with Crippen molar-refractivity contribution in [2.24, 2.45) is 0 Å². The van der Waals surface area contributed by atoms with Crippen LogP contribution in [0.3, 0.4) is 0 Å². The van der Waals surface area contributed by atoms with Crippen LogP contribution in [0.2, 0.25) is 0 Å². The molecule has 0 N–H and O–H groups in total. The first kappa shape index (κ1) is 63.2. The Morgan fingerprint density at radius 1 is 0.417 bits per heavy atom. The summed E-state index contributed by atoms with van der Waals surface area (Å²) < 4.78 is 0. The zero-order valence-electron chi connectivity index (χ0n) is 32.9. The van der Waals surface area contributed by atoms with Crippen molar-refractivity contribution in [1.82, 2.24) is 0 Å². The Hall–Kier alpha value is 8.60. The summed E-state index contributed by atoms with van der Waals surface area (Å²) in [4.78, 5) is 0. The third-order valence-corrected chi connectivity index (χ3v) is 49.6. The molecule has 0 aliphatic rings. The van der Waals surface area contributed by atoms with E-state index in [1.54, 1.807) is 35.4 Å². The van der Waals surface area contributed by atoms with Crippen LogP contribution in [0.4, 0.5) is 0 Å². The molecule has 0 amide bonds. The first-order valence-electron chi connectivity index (χ1n) is 17.1. The van der Waals surface area contributed by atoms with Gasteiger partial charge in [-0.1, -0.05) is 37.6 Å². The molecule has 0 heterocycles. The molecule has 0 aliphatic carbocycles. The summed E-state index contributed by atoms with van der Waals surface area (Å²) in [6.45, 7) is 28.2. The largest absolute Gasteiger partial charge is 0.124 e. The molecular formula is C28H84P20. The van der Waals surface area contributed by atoms with Gasteiger partial charge in [-0.3, -0.25) is 0 Å². The van der Waals surface area contributed by atoms with E-state index in [4.69, 9.17) is 0 Å². The summed E-state index contributed by atoms with van der Waals surface area (Å²) in [5.41, 5.74) is 0. The van der Waals surface area contributed by atoms with Crippen molar-refractivity contribution in [2.75, 3.05) is 150 Å². The van der Waals surface area contributed by atoms with Gasteiger partial charge in [0.05, 0.1) is 0 Å². The fourth-order valence-corrected chi connectivity index (χ4v) is 47.5. The Morgan fingerprint density at radius 3 is 1.33 bits per heavy atom. The van der Waals surface area contributed by atoms with Gasteiger partial charge in [0.1, 0.15) is 0 Å². The van der Waals surface area contributed by atoms with Crippen LogP contribution in [-0.4, -0.2) is 161 Å². The Balaban J connectivity index is -0.000000269. The molecule has 21 atom stereocenters. The lowest BCUT2D eigenvalue weighted by atomic mass is 10.9. The molecule has 20 heteroatoms. The average molecular weight is 1040 g/mol. The lowest BCUT2D eigenvalue weighted by molar-refractivity contribution is 1.42. The highest BCUT2D eigenvalue weighted by Gasteiger charge is 2.06. The minimum Gasteiger partial charge on any atom is -0.124 e. The van der Waals surface area contributed by atoms with Gasteiger partial charge in [0.15, 0.2) is 0 Å². The smallest absolute Gasteiger partial charge is 0.0109 e. The van der Waals surface area contributed by atoms with Crippen LogP contribution >= 0.6 is 170 Å². The molecule has 0 saturated carbocycles. The number of rotatable bonds is 32. The molecule has 0 nitrogen and oxygen atoms in total. The third kappa shape index (κ3) is 56.7. The Labute approximate surface area is 341 Å². The topological polar surface area (TPSA) is 0 Å². The van der Waals surface area contributed by atoms with E-state index in [2.05, 4.69) is 80.5 Å². The van der Waals surface area contributed by atoms with Gasteiger partial charge in [0.25, 0.3) is 0 Å². The second-order valence-electron chi connectivity index (χ2n) is 10.1. The summed E-state index contributed by atoms with van der Waals surface area (Å²) in [5, 5.41) is 2.21. The van der Waals surface area contributed by atoms with Crippen LogP contribution in [0.1, 0.15) is 13.8 Å². The first-order chi connectivity index (χ1) is 23.4. The zero-order valence-corrected chi connectivity index (χ0v) is 52.7. The summed E-state index contributed by atoms with van der Waals surface area (Å²) >= 11 is 0. The van der Waals surface area contributed by atoms with Crippen LogP contribution < -0.4 is 0 Å². The van der Waals surface area contributed by atoms with Gasteiger partial charge in [-0.15, -0.1) is 146 Å². The molecule has 21 unspecified atom stereocenters. The van der Waals surface area contributed by atoms with Crippen molar-refractivity contribution < 1.29 is 0 Å². The number of hydrogen-bond donors (Lipinski definition) is 0. The second kappa shape index (κ2) is 59.9. The molecule has 0 aromatic carbocycles. The molecule has 0 aliphatic heterocycles. The standard InChI is InChI=1S/4C7H21P5/c1-8-4-11-7-12(5-9-2)6-10-3;1-8-4-7(10-3)12-6-11-5-9-2;1-4-11-7(9-3)12-6-10-5-8-2;1-4-11-12(6-9-3)7-10-5-8-2/h8-11H,4-7H2,1-3H3;2*7-12H,4-6H2,1-3H3;8-11H,4-7H2,1-3H3. The first-order valence-corrected chi connectivity index (χ1v) is 49.1. The van der Waals surface area contributed by atoms with E-state index in [0.29, 0.717) is 15.5 Å². The zero-order chi connectivity index (χ0) is 36.9. The van der Waals surface area contributed by atoms with Gasteiger partial charge < -0.3 is 0 Å².